The lowest BCUT2D eigenvalue weighted by Gasteiger charge is -2.17. The van der Waals surface area contributed by atoms with Gasteiger partial charge in [0.1, 0.15) is 6.33 Å². The first-order valence-electron chi connectivity index (χ1n) is 7.05. The van der Waals surface area contributed by atoms with E-state index >= 15 is 0 Å². The molecule has 0 bridgehead atoms. The predicted molar refractivity (Wildman–Crippen MR) is 84.5 cm³/mol. The number of benzene rings is 1. The van der Waals surface area contributed by atoms with E-state index in [4.69, 9.17) is 0 Å². The third kappa shape index (κ3) is 3.18. The van der Waals surface area contributed by atoms with E-state index < -0.39 is 0 Å². The highest BCUT2D eigenvalue weighted by atomic mass is 16.2. The molecule has 0 radical (unpaired) electrons. The highest BCUT2D eigenvalue weighted by molar-refractivity contribution is 5.79. The molecule has 1 N–H and O–H groups in total. The molecular formula is C16H15N5O2. The Balaban J connectivity index is 1.78. The molecule has 116 valence electrons. The molecule has 2 aromatic heterocycles. The van der Waals surface area contributed by atoms with E-state index in [0.29, 0.717) is 12.2 Å². The molecule has 0 saturated heterocycles. The van der Waals surface area contributed by atoms with Crippen LogP contribution in [0.5, 0.6) is 0 Å². The summed E-state index contributed by atoms with van der Waals surface area (Å²) in [7, 11) is 0. The second-order valence-electron chi connectivity index (χ2n) is 4.98. The second kappa shape index (κ2) is 6.27. The number of hydrogen-bond donors (Lipinski definition) is 1. The highest BCUT2D eigenvalue weighted by Crippen LogP contribution is 2.07. The average Bonchev–Trinajstić information content (AvgIpc) is 3.02. The number of aromatic amines is 1. The number of carbonyl (C=O) groups is 1. The number of carbonyl (C=O) groups excluding carboxylic acids is 1. The van der Waals surface area contributed by atoms with Crippen LogP contribution >= 0.6 is 0 Å². The van der Waals surface area contributed by atoms with Gasteiger partial charge in [0, 0.05) is 6.07 Å². The predicted octanol–water partition coefficient (Wildman–Crippen LogP) is 1.13. The van der Waals surface area contributed by atoms with Crippen molar-refractivity contribution in [1.82, 2.24) is 24.5 Å². The van der Waals surface area contributed by atoms with E-state index in [1.54, 1.807) is 0 Å². The molecule has 0 spiro atoms. The maximum atomic E-state index is 12.4. The zero-order valence-corrected chi connectivity index (χ0v) is 12.3. The Labute approximate surface area is 131 Å². The molecule has 0 saturated carbocycles. The summed E-state index contributed by atoms with van der Waals surface area (Å²) in [5.41, 5.74) is 1.08. The minimum Gasteiger partial charge on any atom is -0.315 e. The van der Waals surface area contributed by atoms with Crippen LogP contribution in [0.3, 0.4) is 0 Å². The van der Waals surface area contributed by atoms with E-state index in [0.717, 1.165) is 5.56 Å². The van der Waals surface area contributed by atoms with Crippen molar-refractivity contribution < 1.29 is 4.79 Å². The van der Waals surface area contributed by atoms with Crippen LogP contribution < -0.4 is 5.56 Å². The molecule has 2 heterocycles. The van der Waals surface area contributed by atoms with Gasteiger partial charge >= 0.3 is 0 Å². The smallest absolute Gasteiger partial charge is 0.274 e. The van der Waals surface area contributed by atoms with Crippen molar-refractivity contribution >= 4 is 11.7 Å². The van der Waals surface area contributed by atoms with Crippen LogP contribution in [0.4, 0.5) is 0 Å². The third-order valence-corrected chi connectivity index (χ3v) is 3.39. The van der Waals surface area contributed by atoms with Crippen LogP contribution in [-0.4, -0.2) is 30.4 Å². The van der Waals surface area contributed by atoms with Crippen LogP contribution in [-0.2, 0) is 17.8 Å². The SMILES string of the molecule is C=CN(Cc1ccccc1)C(=O)Cc1cc(=O)n2[nH]cnc2n1. The maximum absolute atomic E-state index is 12.4. The topological polar surface area (TPSA) is 83.4 Å². The monoisotopic (exact) mass is 309 g/mol. The third-order valence-electron chi connectivity index (χ3n) is 3.39. The van der Waals surface area contributed by atoms with Crippen LogP contribution in [0.15, 0.2) is 60.3 Å². The molecular weight excluding hydrogens is 294 g/mol. The van der Waals surface area contributed by atoms with Crippen molar-refractivity contribution in [2.75, 3.05) is 0 Å². The quantitative estimate of drug-likeness (QED) is 0.766. The molecule has 1 amide bonds. The van der Waals surface area contributed by atoms with Crippen LogP contribution in [0.25, 0.3) is 5.78 Å². The first-order valence-corrected chi connectivity index (χ1v) is 7.05. The highest BCUT2D eigenvalue weighted by Gasteiger charge is 2.14. The molecule has 0 aliphatic carbocycles. The van der Waals surface area contributed by atoms with Crippen molar-refractivity contribution in [1.29, 1.82) is 0 Å². The summed E-state index contributed by atoms with van der Waals surface area (Å²) >= 11 is 0. The number of aromatic nitrogens is 4. The largest absolute Gasteiger partial charge is 0.315 e. The maximum Gasteiger partial charge on any atom is 0.274 e. The van der Waals surface area contributed by atoms with Crippen molar-refractivity contribution in [3.63, 3.8) is 0 Å². The van der Waals surface area contributed by atoms with Gasteiger partial charge in [0.2, 0.25) is 5.91 Å². The average molecular weight is 309 g/mol. The van der Waals surface area contributed by atoms with Gasteiger partial charge in [-0.05, 0) is 11.8 Å². The van der Waals surface area contributed by atoms with E-state index in [-0.39, 0.29) is 23.7 Å². The number of amides is 1. The van der Waals surface area contributed by atoms with Crippen LogP contribution in [0.2, 0.25) is 0 Å². The summed E-state index contributed by atoms with van der Waals surface area (Å²) < 4.78 is 1.21. The molecule has 0 aliphatic rings. The second-order valence-corrected chi connectivity index (χ2v) is 4.98. The van der Waals surface area contributed by atoms with Crippen molar-refractivity contribution in [3.8, 4) is 0 Å². The van der Waals surface area contributed by atoms with Crippen LogP contribution in [0.1, 0.15) is 11.3 Å². The molecule has 0 fully saturated rings. The van der Waals surface area contributed by atoms with E-state index in [1.807, 2.05) is 30.3 Å². The van der Waals surface area contributed by atoms with Crippen molar-refractivity contribution in [3.05, 3.63) is 77.1 Å². The van der Waals surface area contributed by atoms with Gasteiger partial charge in [0.25, 0.3) is 11.3 Å². The summed E-state index contributed by atoms with van der Waals surface area (Å²) in [5, 5.41) is 2.65. The van der Waals surface area contributed by atoms with Gasteiger partial charge in [-0.3, -0.25) is 14.7 Å². The van der Waals surface area contributed by atoms with E-state index in [9.17, 15) is 9.59 Å². The van der Waals surface area contributed by atoms with Gasteiger partial charge in [0.15, 0.2) is 0 Å². The Bertz CT molecular complexity index is 897. The van der Waals surface area contributed by atoms with Gasteiger partial charge in [0.05, 0.1) is 18.7 Å². The summed E-state index contributed by atoms with van der Waals surface area (Å²) in [5.74, 6) is 0.0594. The molecule has 7 nitrogen and oxygen atoms in total. The molecule has 3 aromatic rings. The standard InChI is InChI=1S/C16H15N5O2/c1-2-20(10-12-6-4-3-5-7-12)14(22)8-13-9-15(23)21-16(19-13)17-11-18-21/h2-7,9,11H,1,8,10H2,(H,17,18,19). The lowest BCUT2D eigenvalue weighted by molar-refractivity contribution is -0.128. The zero-order valence-electron chi connectivity index (χ0n) is 12.3. The Morgan fingerprint density at radius 2 is 2.13 bits per heavy atom. The summed E-state index contributed by atoms with van der Waals surface area (Å²) in [6.45, 7) is 4.10. The van der Waals surface area contributed by atoms with E-state index in [1.165, 1.54) is 28.0 Å². The van der Waals surface area contributed by atoms with Gasteiger partial charge in [-0.1, -0.05) is 36.9 Å². The first kappa shape index (κ1) is 14.7. The molecule has 23 heavy (non-hydrogen) atoms. The molecule has 7 heteroatoms. The Hall–Kier alpha value is -3.22. The number of H-pyrrole nitrogens is 1. The van der Waals surface area contributed by atoms with E-state index in [2.05, 4.69) is 21.6 Å². The van der Waals surface area contributed by atoms with Gasteiger partial charge in [-0.15, -0.1) is 0 Å². The normalized spacial score (nSPS) is 10.6. The Kier molecular flexibility index (Phi) is 4.01. The lowest BCUT2D eigenvalue weighted by Crippen LogP contribution is -2.28. The molecule has 0 aliphatic heterocycles. The number of hydrogen-bond acceptors (Lipinski definition) is 4. The number of nitrogens with one attached hydrogen (secondary N) is 1. The Morgan fingerprint density at radius 3 is 2.87 bits per heavy atom. The molecule has 3 rings (SSSR count). The van der Waals surface area contributed by atoms with Crippen molar-refractivity contribution in [2.45, 2.75) is 13.0 Å². The first-order chi connectivity index (χ1) is 11.2. The lowest BCUT2D eigenvalue weighted by atomic mass is 10.2. The van der Waals surface area contributed by atoms with Gasteiger partial charge < -0.3 is 4.90 Å². The Morgan fingerprint density at radius 1 is 1.35 bits per heavy atom. The molecule has 0 atom stereocenters. The zero-order chi connectivity index (χ0) is 16.2. The van der Waals surface area contributed by atoms with Crippen LogP contribution in [0, 0.1) is 0 Å². The van der Waals surface area contributed by atoms with Gasteiger partial charge in [-0.25, -0.2) is 9.97 Å². The summed E-state index contributed by atoms with van der Waals surface area (Å²) in [6.07, 6.45) is 2.87. The van der Waals surface area contributed by atoms with Gasteiger partial charge in [-0.2, -0.15) is 4.52 Å². The number of fused-ring (bicyclic) bond motifs is 1. The number of rotatable bonds is 5. The minimum atomic E-state index is -0.302. The van der Waals surface area contributed by atoms with Crippen molar-refractivity contribution in [2.24, 2.45) is 0 Å². The fraction of sp³-hybridized carbons (Fsp3) is 0.125. The summed E-state index contributed by atoms with van der Waals surface area (Å²) in [6, 6.07) is 10.9. The number of nitrogens with zero attached hydrogens (tertiary/aromatic N) is 4. The molecule has 0 unspecified atom stereocenters. The fourth-order valence-electron chi connectivity index (χ4n) is 2.25. The minimum absolute atomic E-state index is 0.0114. The fourth-order valence-corrected chi connectivity index (χ4v) is 2.25. The summed E-state index contributed by atoms with van der Waals surface area (Å²) in [4.78, 5) is 33.9. The molecule has 1 aromatic carbocycles.